The number of nitrogens with zero attached hydrogens (tertiary/aromatic N) is 1. The van der Waals surface area contributed by atoms with Gasteiger partial charge in [0, 0.05) is 33.2 Å². The van der Waals surface area contributed by atoms with Crippen LogP contribution in [0.3, 0.4) is 0 Å². The molecule has 2 aliphatic heterocycles. The van der Waals surface area contributed by atoms with Gasteiger partial charge < -0.3 is 14.4 Å². The van der Waals surface area contributed by atoms with Gasteiger partial charge in [0.1, 0.15) is 0 Å². The number of carbonyl (C=O) groups excluding carboxylic acids is 1. The van der Waals surface area contributed by atoms with E-state index in [0.29, 0.717) is 12.0 Å². The molecule has 0 radical (unpaired) electrons. The van der Waals surface area contributed by atoms with Crippen molar-refractivity contribution in [2.24, 2.45) is 0 Å². The summed E-state index contributed by atoms with van der Waals surface area (Å²) in [5.41, 5.74) is 2.02. The number of fused-ring (bicyclic) bond motifs is 1. The fourth-order valence-electron chi connectivity index (χ4n) is 3.13. The molecule has 1 amide bonds. The number of hydrogen-bond donors (Lipinski definition) is 0. The maximum Gasteiger partial charge on any atom is 0.253 e. The lowest BCUT2D eigenvalue weighted by molar-refractivity contribution is 0.0766. The van der Waals surface area contributed by atoms with Crippen molar-refractivity contribution in [2.75, 3.05) is 25.6 Å². The lowest BCUT2D eigenvalue weighted by Gasteiger charge is -2.20. The molecule has 4 nitrogen and oxygen atoms in total. The zero-order valence-corrected chi connectivity index (χ0v) is 16.6. The summed E-state index contributed by atoms with van der Waals surface area (Å²) in [5.74, 6) is 2.71. The van der Waals surface area contributed by atoms with Crippen molar-refractivity contribution in [3.63, 3.8) is 0 Å². The summed E-state index contributed by atoms with van der Waals surface area (Å²) in [6.07, 6.45) is 0.945. The molecule has 0 aromatic heterocycles. The third kappa shape index (κ3) is 3.74. The van der Waals surface area contributed by atoms with Crippen LogP contribution in [0.25, 0.3) is 0 Å². The predicted octanol–water partition coefficient (Wildman–Crippen LogP) is 4.34. The second-order valence-corrected chi connectivity index (χ2v) is 8.62. The fraction of sp³-hybridized carbons (Fsp3) is 0.316. The second kappa shape index (κ2) is 7.45. The van der Waals surface area contributed by atoms with Gasteiger partial charge in [-0.15, -0.1) is 0 Å². The normalized spacial score (nSPS) is 19.6. The van der Waals surface area contributed by atoms with Crippen molar-refractivity contribution < 1.29 is 14.3 Å². The summed E-state index contributed by atoms with van der Waals surface area (Å²) in [5, 5.41) is 0.379. The third-order valence-electron chi connectivity index (χ3n) is 4.49. The molecule has 0 aliphatic carbocycles. The number of carbonyl (C=O) groups is 1. The third-order valence-corrected chi connectivity index (χ3v) is 6.54. The van der Waals surface area contributed by atoms with E-state index in [1.165, 1.54) is 5.56 Å². The number of benzene rings is 2. The zero-order chi connectivity index (χ0) is 17.2. The summed E-state index contributed by atoms with van der Waals surface area (Å²) in [6.45, 7) is 1.86. The SMILES string of the molecule is O=C(c1ccc(I)cc1)N1CCSC(c2ccc3c(c2)OCO3)CC1. The Labute approximate surface area is 165 Å². The Morgan fingerprint density at radius 3 is 2.72 bits per heavy atom. The van der Waals surface area contributed by atoms with Crippen LogP contribution in [0.2, 0.25) is 0 Å². The molecule has 25 heavy (non-hydrogen) atoms. The van der Waals surface area contributed by atoms with Crippen molar-refractivity contribution >= 4 is 40.3 Å². The van der Waals surface area contributed by atoms with Crippen molar-refractivity contribution in [1.82, 2.24) is 4.90 Å². The number of halogens is 1. The maximum atomic E-state index is 12.7. The van der Waals surface area contributed by atoms with E-state index in [9.17, 15) is 4.79 Å². The predicted molar refractivity (Wildman–Crippen MR) is 107 cm³/mol. The molecule has 1 fully saturated rings. The average Bonchev–Trinajstić information content (AvgIpc) is 2.96. The van der Waals surface area contributed by atoms with Crippen molar-refractivity contribution in [2.45, 2.75) is 11.7 Å². The summed E-state index contributed by atoms with van der Waals surface area (Å²) in [6, 6.07) is 14.0. The topological polar surface area (TPSA) is 38.8 Å². The number of hydrogen-bond acceptors (Lipinski definition) is 4. The van der Waals surface area contributed by atoms with E-state index in [-0.39, 0.29) is 5.91 Å². The summed E-state index contributed by atoms with van der Waals surface area (Å²) in [7, 11) is 0. The van der Waals surface area contributed by atoms with Gasteiger partial charge in [0.25, 0.3) is 5.91 Å². The van der Waals surface area contributed by atoms with Crippen LogP contribution < -0.4 is 9.47 Å². The summed E-state index contributed by atoms with van der Waals surface area (Å²) >= 11 is 4.16. The molecule has 1 atom stereocenters. The van der Waals surface area contributed by atoms with Gasteiger partial charge in [-0.05, 0) is 71.0 Å². The first-order chi connectivity index (χ1) is 12.2. The van der Waals surface area contributed by atoms with Crippen LogP contribution >= 0.6 is 34.4 Å². The van der Waals surface area contributed by atoms with Crippen molar-refractivity contribution in [1.29, 1.82) is 0 Å². The molecule has 1 unspecified atom stereocenters. The van der Waals surface area contributed by atoms with E-state index in [4.69, 9.17) is 9.47 Å². The van der Waals surface area contributed by atoms with Crippen LogP contribution in [0.15, 0.2) is 42.5 Å². The van der Waals surface area contributed by atoms with Gasteiger partial charge in [0.05, 0.1) is 0 Å². The summed E-state index contributed by atoms with van der Waals surface area (Å²) in [4.78, 5) is 14.7. The summed E-state index contributed by atoms with van der Waals surface area (Å²) < 4.78 is 12.0. The van der Waals surface area contributed by atoms with Crippen LogP contribution in [0.4, 0.5) is 0 Å². The first-order valence-corrected chi connectivity index (χ1v) is 10.4. The molecule has 130 valence electrons. The van der Waals surface area contributed by atoms with Crippen molar-refractivity contribution in [3.05, 3.63) is 57.2 Å². The van der Waals surface area contributed by atoms with E-state index >= 15 is 0 Å². The Balaban J connectivity index is 1.45. The largest absolute Gasteiger partial charge is 0.454 e. The Bertz CT molecular complexity index is 781. The van der Waals surface area contributed by atoms with Crippen LogP contribution in [0.1, 0.15) is 27.6 Å². The number of thioether (sulfide) groups is 1. The van der Waals surface area contributed by atoms with E-state index in [1.807, 2.05) is 47.0 Å². The number of amides is 1. The number of rotatable bonds is 2. The maximum absolute atomic E-state index is 12.7. The molecule has 1 saturated heterocycles. The van der Waals surface area contributed by atoms with Gasteiger partial charge in [-0.25, -0.2) is 0 Å². The Hall–Kier alpha value is -1.41. The van der Waals surface area contributed by atoms with Gasteiger partial charge in [-0.1, -0.05) is 6.07 Å². The van der Waals surface area contributed by atoms with Crippen LogP contribution in [-0.4, -0.2) is 36.4 Å². The minimum Gasteiger partial charge on any atom is -0.454 e. The molecule has 2 heterocycles. The fourth-order valence-corrected chi connectivity index (χ4v) is 4.71. The van der Waals surface area contributed by atoms with E-state index in [0.717, 1.165) is 45.9 Å². The Morgan fingerprint density at radius 1 is 1.08 bits per heavy atom. The monoisotopic (exact) mass is 467 g/mol. The molecule has 2 aliphatic rings. The highest BCUT2D eigenvalue weighted by atomic mass is 127. The minimum atomic E-state index is 0.128. The molecule has 0 spiro atoms. The molecule has 6 heteroatoms. The molecule has 0 bridgehead atoms. The Morgan fingerprint density at radius 2 is 1.88 bits per heavy atom. The lowest BCUT2D eigenvalue weighted by atomic mass is 10.1. The van der Waals surface area contributed by atoms with Crippen LogP contribution in [-0.2, 0) is 0 Å². The molecule has 0 N–H and O–H groups in total. The van der Waals surface area contributed by atoms with Crippen molar-refractivity contribution in [3.8, 4) is 11.5 Å². The first kappa shape index (κ1) is 17.0. The van der Waals surface area contributed by atoms with Crippen LogP contribution in [0, 0.1) is 3.57 Å². The highest BCUT2D eigenvalue weighted by Crippen LogP contribution is 2.40. The van der Waals surface area contributed by atoms with Gasteiger partial charge in [-0.3, -0.25) is 4.79 Å². The number of ether oxygens (including phenoxy) is 2. The highest BCUT2D eigenvalue weighted by Gasteiger charge is 2.24. The first-order valence-electron chi connectivity index (χ1n) is 8.27. The van der Waals surface area contributed by atoms with Gasteiger partial charge in [-0.2, -0.15) is 11.8 Å². The lowest BCUT2D eigenvalue weighted by Crippen LogP contribution is -2.32. The molecule has 2 aromatic carbocycles. The zero-order valence-electron chi connectivity index (χ0n) is 13.6. The second-order valence-electron chi connectivity index (χ2n) is 6.06. The van der Waals surface area contributed by atoms with E-state index in [1.54, 1.807) is 0 Å². The van der Waals surface area contributed by atoms with Gasteiger partial charge in [0.2, 0.25) is 6.79 Å². The van der Waals surface area contributed by atoms with Gasteiger partial charge >= 0.3 is 0 Å². The van der Waals surface area contributed by atoms with Gasteiger partial charge in [0.15, 0.2) is 11.5 Å². The quantitative estimate of drug-likeness (QED) is 0.617. The smallest absolute Gasteiger partial charge is 0.253 e. The highest BCUT2D eigenvalue weighted by molar-refractivity contribution is 14.1. The molecular formula is C19H18INO3S. The molecule has 2 aromatic rings. The molecule has 0 saturated carbocycles. The van der Waals surface area contributed by atoms with Crippen LogP contribution in [0.5, 0.6) is 11.5 Å². The van der Waals surface area contributed by atoms with E-state index < -0.39 is 0 Å². The minimum absolute atomic E-state index is 0.128. The standard InChI is InChI=1S/C19H18INO3S/c20-15-4-1-13(2-5-15)19(22)21-8-7-18(25-10-9-21)14-3-6-16-17(11-14)24-12-23-16/h1-6,11,18H,7-10,12H2. The van der Waals surface area contributed by atoms with E-state index in [2.05, 4.69) is 34.7 Å². The molecule has 4 rings (SSSR count). The average molecular weight is 467 g/mol. The molecular weight excluding hydrogens is 449 g/mol. The Kier molecular flexibility index (Phi) is 5.08.